The summed E-state index contributed by atoms with van der Waals surface area (Å²) in [7, 11) is 1.64. The first-order valence-corrected chi connectivity index (χ1v) is 9.81. The lowest BCUT2D eigenvalue weighted by Gasteiger charge is -2.28. The predicted molar refractivity (Wildman–Crippen MR) is 111 cm³/mol. The summed E-state index contributed by atoms with van der Waals surface area (Å²) >= 11 is 0. The maximum Gasteiger partial charge on any atom is 0.287 e. The van der Waals surface area contributed by atoms with Gasteiger partial charge in [0.15, 0.2) is 5.82 Å². The van der Waals surface area contributed by atoms with E-state index in [0.717, 1.165) is 37.2 Å². The maximum absolute atomic E-state index is 12.7. The number of amides is 1. The molecule has 7 nitrogen and oxygen atoms in total. The second-order valence-electron chi connectivity index (χ2n) is 7.17. The van der Waals surface area contributed by atoms with Gasteiger partial charge in [0.05, 0.1) is 24.1 Å². The number of H-pyrrole nitrogens is 1. The van der Waals surface area contributed by atoms with Crippen LogP contribution in [-0.4, -0.2) is 47.5 Å². The largest absolute Gasteiger partial charge is 0.497 e. The average Bonchev–Trinajstić information content (AvgIpc) is 3.29. The fourth-order valence-electron chi connectivity index (χ4n) is 3.80. The van der Waals surface area contributed by atoms with Crippen LogP contribution in [0, 0.1) is 0 Å². The molecule has 2 heterocycles. The normalized spacial score (nSPS) is 15.3. The van der Waals surface area contributed by atoms with Gasteiger partial charge in [-0.25, -0.2) is 4.98 Å². The van der Waals surface area contributed by atoms with E-state index in [9.17, 15) is 9.59 Å². The Labute approximate surface area is 168 Å². The van der Waals surface area contributed by atoms with Crippen LogP contribution in [0.4, 0.5) is 0 Å². The van der Waals surface area contributed by atoms with Crippen molar-refractivity contribution in [2.24, 2.45) is 0 Å². The van der Waals surface area contributed by atoms with Crippen molar-refractivity contribution in [3.8, 4) is 5.75 Å². The molecule has 4 rings (SSSR count). The number of para-hydroxylation sites is 1. The van der Waals surface area contributed by atoms with Crippen LogP contribution in [0.2, 0.25) is 0 Å². The van der Waals surface area contributed by atoms with Gasteiger partial charge in [-0.15, -0.1) is 0 Å². The van der Waals surface area contributed by atoms with E-state index >= 15 is 0 Å². The molecule has 0 spiro atoms. The SMILES string of the molecule is COc1ccc([C@H](CNC(=O)c2nc3ccccc3c(=O)[nH]2)N2CCCC2)cc1. The number of ether oxygens (including phenoxy) is 1. The molecule has 2 aromatic carbocycles. The van der Waals surface area contributed by atoms with Crippen molar-refractivity contribution in [1.82, 2.24) is 20.2 Å². The first kappa shape index (κ1) is 19.1. The Bertz CT molecular complexity index is 1060. The number of nitrogens with zero attached hydrogens (tertiary/aromatic N) is 2. The van der Waals surface area contributed by atoms with Gasteiger partial charge < -0.3 is 15.0 Å². The van der Waals surface area contributed by atoms with Crippen LogP contribution in [0.15, 0.2) is 53.3 Å². The highest BCUT2D eigenvalue weighted by molar-refractivity contribution is 5.92. The average molecular weight is 392 g/mol. The Morgan fingerprint density at radius 1 is 1.17 bits per heavy atom. The minimum atomic E-state index is -0.384. The summed E-state index contributed by atoms with van der Waals surface area (Å²) in [6.45, 7) is 2.43. The van der Waals surface area contributed by atoms with Gasteiger partial charge in [0.2, 0.25) is 0 Å². The Morgan fingerprint density at radius 3 is 2.62 bits per heavy atom. The second-order valence-corrected chi connectivity index (χ2v) is 7.17. The number of benzene rings is 2. The van der Waals surface area contributed by atoms with Gasteiger partial charge in [-0.1, -0.05) is 24.3 Å². The van der Waals surface area contributed by atoms with Gasteiger partial charge in [0.1, 0.15) is 5.75 Å². The summed E-state index contributed by atoms with van der Waals surface area (Å²) in [5, 5.41) is 3.42. The summed E-state index contributed by atoms with van der Waals surface area (Å²) in [6, 6.07) is 15.0. The molecule has 7 heteroatoms. The van der Waals surface area contributed by atoms with Crippen molar-refractivity contribution in [2.45, 2.75) is 18.9 Å². The van der Waals surface area contributed by atoms with Gasteiger partial charge >= 0.3 is 0 Å². The Balaban J connectivity index is 1.53. The number of fused-ring (bicyclic) bond motifs is 1. The monoisotopic (exact) mass is 392 g/mol. The highest BCUT2D eigenvalue weighted by Gasteiger charge is 2.24. The lowest BCUT2D eigenvalue weighted by Crippen LogP contribution is -2.37. The molecule has 1 aliphatic heterocycles. The summed E-state index contributed by atoms with van der Waals surface area (Å²) in [5.41, 5.74) is 1.31. The third-order valence-corrected chi connectivity index (χ3v) is 5.37. The number of hydrogen-bond acceptors (Lipinski definition) is 5. The third-order valence-electron chi connectivity index (χ3n) is 5.37. The molecule has 1 atom stereocenters. The highest BCUT2D eigenvalue weighted by Crippen LogP contribution is 2.26. The number of carbonyl (C=O) groups is 1. The van der Waals surface area contributed by atoms with E-state index in [4.69, 9.17) is 4.74 Å². The fraction of sp³-hybridized carbons (Fsp3) is 0.318. The standard InChI is InChI=1S/C22H24N4O3/c1-29-16-10-8-15(9-11-16)19(26-12-4-5-13-26)14-23-22(28)20-24-18-7-3-2-6-17(18)21(27)25-20/h2-3,6-11,19H,4-5,12-14H2,1H3,(H,23,28)(H,24,25,27)/t19-/m0/s1. The number of likely N-dealkylation sites (tertiary alicyclic amines) is 1. The van der Waals surface area contributed by atoms with Crippen molar-refractivity contribution in [3.63, 3.8) is 0 Å². The van der Waals surface area contributed by atoms with Crippen LogP contribution < -0.4 is 15.6 Å². The van der Waals surface area contributed by atoms with Crippen molar-refractivity contribution in [1.29, 1.82) is 0 Å². The van der Waals surface area contributed by atoms with Crippen molar-refractivity contribution in [3.05, 3.63) is 70.3 Å². The molecule has 1 aliphatic rings. The number of hydrogen-bond donors (Lipinski definition) is 2. The van der Waals surface area contributed by atoms with E-state index in [1.165, 1.54) is 0 Å². The molecule has 0 saturated carbocycles. The van der Waals surface area contributed by atoms with E-state index in [1.54, 1.807) is 31.4 Å². The highest BCUT2D eigenvalue weighted by atomic mass is 16.5. The quantitative estimate of drug-likeness (QED) is 0.673. The van der Waals surface area contributed by atoms with Crippen LogP contribution in [0.5, 0.6) is 5.75 Å². The van der Waals surface area contributed by atoms with Gasteiger partial charge in [-0.2, -0.15) is 0 Å². The van der Waals surface area contributed by atoms with Crippen LogP contribution >= 0.6 is 0 Å². The molecule has 0 aliphatic carbocycles. The Morgan fingerprint density at radius 2 is 1.90 bits per heavy atom. The Hall–Kier alpha value is -3.19. The van der Waals surface area contributed by atoms with Crippen molar-refractivity contribution in [2.75, 3.05) is 26.7 Å². The molecule has 0 unspecified atom stereocenters. The molecule has 1 saturated heterocycles. The molecule has 2 N–H and O–H groups in total. The molecule has 0 radical (unpaired) electrons. The van der Waals surface area contributed by atoms with Gasteiger partial charge in [-0.05, 0) is 55.8 Å². The third kappa shape index (κ3) is 4.14. The summed E-state index contributed by atoms with van der Waals surface area (Å²) in [4.78, 5) is 34.2. The number of aromatic nitrogens is 2. The smallest absolute Gasteiger partial charge is 0.287 e. The van der Waals surface area contributed by atoms with Gasteiger partial charge in [0.25, 0.3) is 11.5 Å². The maximum atomic E-state index is 12.7. The second kappa shape index (κ2) is 8.45. The van der Waals surface area contributed by atoms with Crippen LogP contribution in [-0.2, 0) is 0 Å². The predicted octanol–water partition coefficient (Wildman–Crippen LogP) is 2.50. The van der Waals surface area contributed by atoms with E-state index in [1.807, 2.05) is 24.3 Å². The minimum Gasteiger partial charge on any atom is -0.497 e. The molecule has 29 heavy (non-hydrogen) atoms. The fourth-order valence-corrected chi connectivity index (χ4v) is 3.80. The Kier molecular flexibility index (Phi) is 5.57. The lowest BCUT2D eigenvalue weighted by molar-refractivity contribution is 0.0927. The van der Waals surface area contributed by atoms with E-state index in [0.29, 0.717) is 17.4 Å². The molecule has 1 fully saturated rings. The molecule has 1 amide bonds. The van der Waals surface area contributed by atoms with Crippen LogP contribution in [0.25, 0.3) is 10.9 Å². The summed E-state index contributed by atoms with van der Waals surface area (Å²) in [6.07, 6.45) is 2.31. The number of nitrogens with one attached hydrogen (secondary N) is 2. The topological polar surface area (TPSA) is 87.3 Å². The number of methoxy groups -OCH3 is 1. The zero-order valence-electron chi connectivity index (χ0n) is 16.4. The molecule has 3 aromatic rings. The summed E-state index contributed by atoms with van der Waals surface area (Å²) in [5.74, 6) is 0.449. The van der Waals surface area contributed by atoms with Crippen LogP contribution in [0.3, 0.4) is 0 Å². The number of rotatable bonds is 6. The van der Waals surface area contributed by atoms with Crippen molar-refractivity contribution >= 4 is 16.8 Å². The summed E-state index contributed by atoms with van der Waals surface area (Å²) < 4.78 is 5.25. The first-order chi connectivity index (χ1) is 14.2. The minimum absolute atomic E-state index is 0.0311. The molecule has 150 valence electrons. The molecular formula is C22H24N4O3. The van der Waals surface area contributed by atoms with Crippen LogP contribution in [0.1, 0.15) is 35.1 Å². The molecular weight excluding hydrogens is 368 g/mol. The zero-order valence-corrected chi connectivity index (χ0v) is 16.4. The van der Waals surface area contributed by atoms with E-state index in [-0.39, 0.29) is 23.3 Å². The molecule has 1 aromatic heterocycles. The first-order valence-electron chi connectivity index (χ1n) is 9.81. The van der Waals surface area contributed by atoms with Gasteiger partial charge in [-0.3, -0.25) is 14.5 Å². The zero-order chi connectivity index (χ0) is 20.2. The van der Waals surface area contributed by atoms with E-state index < -0.39 is 0 Å². The number of carbonyl (C=O) groups excluding carboxylic acids is 1. The van der Waals surface area contributed by atoms with Gasteiger partial charge in [0, 0.05) is 6.54 Å². The lowest BCUT2D eigenvalue weighted by atomic mass is 10.1. The number of aromatic amines is 1. The van der Waals surface area contributed by atoms with Crippen molar-refractivity contribution < 1.29 is 9.53 Å². The van der Waals surface area contributed by atoms with E-state index in [2.05, 4.69) is 20.2 Å². The molecule has 0 bridgehead atoms.